The molecule has 2 aliphatic rings. The van der Waals surface area contributed by atoms with Crippen molar-refractivity contribution in [2.24, 2.45) is 0 Å². The molecule has 0 aliphatic carbocycles. The molecule has 0 radical (unpaired) electrons. The third-order valence-electron chi connectivity index (χ3n) is 9.12. The lowest BCUT2D eigenvalue weighted by Gasteiger charge is -2.17. The molecule has 0 atom stereocenters. The third kappa shape index (κ3) is 6.89. The van der Waals surface area contributed by atoms with Crippen molar-refractivity contribution in [3.05, 3.63) is 106 Å². The average molecular weight is 815 g/mol. The number of aryl methyl sites for hydroxylation is 3. The van der Waals surface area contributed by atoms with Gasteiger partial charge in [0.25, 0.3) is 21.1 Å². The highest BCUT2D eigenvalue weighted by Crippen LogP contribution is 2.37. The van der Waals surface area contributed by atoms with Crippen molar-refractivity contribution in [2.75, 3.05) is 10.5 Å². The van der Waals surface area contributed by atoms with Gasteiger partial charge in [-0.2, -0.15) is 0 Å². The average Bonchev–Trinajstić information content (AvgIpc) is 3.48. The summed E-state index contributed by atoms with van der Waals surface area (Å²) in [4.78, 5) is 25.5. The fourth-order valence-electron chi connectivity index (χ4n) is 6.87. The lowest BCUT2D eigenvalue weighted by atomic mass is 10.1. The summed E-state index contributed by atoms with van der Waals surface area (Å²) in [5, 5.41) is 0.356. The zero-order chi connectivity index (χ0) is 37.8. The molecule has 7 rings (SSSR count). The highest BCUT2D eigenvalue weighted by molar-refractivity contribution is 7.92. The number of halogens is 6. The van der Waals surface area contributed by atoms with Crippen molar-refractivity contribution in [3.63, 3.8) is 0 Å². The van der Waals surface area contributed by atoms with Crippen LogP contribution in [-0.4, -0.2) is 27.1 Å². The summed E-state index contributed by atoms with van der Waals surface area (Å²) in [7, 11) is -4.03. The minimum atomic E-state index is -4.03. The van der Waals surface area contributed by atoms with E-state index in [4.69, 9.17) is 52.1 Å². The molecule has 2 aromatic heterocycles. The van der Waals surface area contributed by atoms with Crippen LogP contribution >= 0.6 is 46.4 Å². The molecule has 52 heavy (non-hydrogen) atoms. The number of hydrogen-bond donors (Lipinski definition) is 2. The summed E-state index contributed by atoms with van der Waals surface area (Å²) < 4.78 is 64.1. The van der Waals surface area contributed by atoms with Crippen molar-refractivity contribution >= 4 is 67.8 Å². The van der Waals surface area contributed by atoms with Crippen molar-refractivity contribution in [1.29, 1.82) is 0 Å². The van der Waals surface area contributed by atoms with E-state index >= 15 is 0 Å². The molecule has 10 nitrogen and oxygen atoms in total. The number of sulfonamides is 1. The number of aromatic nitrogens is 4. The van der Waals surface area contributed by atoms with E-state index in [1.807, 2.05) is 6.92 Å². The molecule has 0 bridgehead atoms. The van der Waals surface area contributed by atoms with Crippen molar-refractivity contribution in [1.82, 2.24) is 18.7 Å². The van der Waals surface area contributed by atoms with E-state index in [2.05, 4.69) is 4.72 Å². The van der Waals surface area contributed by atoms with Crippen LogP contribution in [0, 0.1) is 32.4 Å². The number of hydrogen-bond acceptors (Lipinski definition) is 5. The van der Waals surface area contributed by atoms with E-state index < -0.39 is 27.2 Å². The zero-order valence-electron chi connectivity index (χ0n) is 28.3. The van der Waals surface area contributed by atoms with Gasteiger partial charge in [0.05, 0.1) is 37.4 Å². The SMILES string of the molecule is Cc1cc(C)c(S(=O)(=O)Nc2cc(-c3c(Cl)n4n(c3=O)CCCC4)c(F)cc2Cl)c(C)c1.Nc1cc(-c2c(Cl)n3n(c2=O)CCCC3)c(F)cc1Cl. The Hall–Kier alpha value is -3.75. The molecule has 0 amide bonds. The van der Waals surface area contributed by atoms with Gasteiger partial charge in [-0.15, -0.1) is 0 Å². The van der Waals surface area contributed by atoms with E-state index in [9.17, 15) is 26.8 Å². The maximum absolute atomic E-state index is 14.9. The summed E-state index contributed by atoms with van der Waals surface area (Å²) >= 11 is 24.6. The fourth-order valence-corrected chi connectivity index (χ4v) is 9.51. The topological polar surface area (TPSA) is 126 Å². The molecule has 3 aromatic carbocycles. The molecule has 2 aliphatic heterocycles. The summed E-state index contributed by atoms with van der Waals surface area (Å²) in [6.07, 6.45) is 3.53. The van der Waals surface area contributed by atoms with Crippen LogP contribution in [0.1, 0.15) is 42.4 Å². The van der Waals surface area contributed by atoms with Crippen molar-refractivity contribution in [3.8, 4) is 22.3 Å². The number of fused-ring (bicyclic) bond motifs is 2. The van der Waals surface area contributed by atoms with Gasteiger partial charge >= 0.3 is 0 Å². The lowest BCUT2D eigenvalue weighted by Crippen LogP contribution is -2.27. The first-order chi connectivity index (χ1) is 24.5. The minimum absolute atomic E-state index is 0.00845. The van der Waals surface area contributed by atoms with Gasteiger partial charge in [-0.3, -0.25) is 23.7 Å². The normalized spacial score (nSPS) is 14.0. The Kier molecular flexibility index (Phi) is 10.7. The predicted octanol–water partition coefficient (Wildman–Crippen LogP) is 8.42. The molecule has 0 unspecified atom stereocenters. The Morgan fingerprint density at radius 2 is 1.08 bits per heavy atom. The summed E-state index contributed by atoms with van der Waals surface area (Å²) in [5.74, 6) is -1.37. The molecular weight excluding hydrogens is 780 g/mol. The van der Waals surface area contributed by atoms with Gasteiger partial charge < -0.3 is 5.73 Å². The number of rotatable bonds is 5. The van der Waals surface area contributed by atoms with Crippen LogP contribution in [0.25, 0.3) is 22.3 Å². The fraction of sp³-hybridized carbons (Fsp3) is 0.314. The van der Waals surface area contributed by atoms with Crippen molar-refractivity contribution in [2.45, 2.75) is 77.5 Å². The van der Waals surface area contributed by atoms with Crippen LogP contribution in [0.5, 0.6) is 0 Å². The number of nitrogens with zero attached hydrogens (tertiary/aromatic N) is 4. The highest BCUT2D eigenvalue weighted by atomic mass is 35.5. The molecule has 0 fully saturated rings. The number of nitrogen functional groups attached to an aromatic ring is 1. The molecule has 0 spiro atoms. The van der Waals surface area contributed by atoms with Crippen molar-refractivity contribution < 1.29 is 17.2 Å². The molecule has 0 saturated carbocycles. The largest absolute Gasteiger partial charge is 0.398 e. The number of benzene rings is 3. The van der Waals surface area contributed by atoms with Crippen LogP contribution in [-0.2, 0) is 36.2 Å². The lowest BCUT2D eigenvalue weighted by molar-refractivity contribution is 0.356. The van der Waals surface area contributed by atoms with Gasteiger partial charge in [0.1, 0.15) is 21.9 Å². The predicted molar refractivity (Wildman–Crippen MR) is 203 cm³/mol. The number of nitrogens with two attached hydrogens (primary N) is 1. The zero-order valence-corrected chi connectivity index (χ0v) is 32.1. The monoisotopic (exact) mass is 812 g/mol. The molecule has 276 valence electrons. The van der Waals surface area contributed by atoms with Gasteiger partial charge in [-0.05, 0) is 81.8 Å². The van der Waals surface area contributed by atoms with Crippen LogP contribution < -0.4 is 21.6 Å². The molecular formula is C35H34Cl4F2N6O4S. The van der Waals surface area contributed by atoms with E-state index in [1.54, 1.807) is 40.0 Å². The van der Waals surface area contributed by atoms with Gasteiger partial charge in [-0.1, -0.05) is 64.1 Å². The first-order valence-electron chi connectivity index (χ1n) is 16.3. The van der Waals surface area contributed by atoms with Crippen LogP contribution in [0.3, 0.4) is 0 Å². The molecule has 17 heteroatoms. The van der Waals surface area contributed by atoms with Gasteiger partial charge in [0.2, 0.25) is 0 Å². The van der Waals surface area contributed by atoms with Crippen LogP contribution in [0.4, 0.5) is 20.2 Å². The second-order valence-electron chi connectivity index (χ2n) is 12.8. The molecule has 3 N–H and O–H groups in total. The Morgan fingerprint density at radius 3 is 1.54 bits per heavy atom. The maximum atomic E-state index is 14.9. The van der Waals surface area contributed by atoms with Gasteiger partial charge in [-0.25, -0.2) is 26.6 Å². The van der Waals surface area contributed by atoms with E-state index in [-0.39, 0.29) is 64.4 Å². The van der Waals surface area contributed by atoms with Gasteiger partial charge in [0.15, 0.2) is 0 Å². The third-order valence-corrected chi connectivity index (χ3v) is 12.2. The first-order valence-corrected chi connectivity index (χ1v) is 19.3. The Morgan fingerprint density at radius 1 is 0.654 bits per heavy atom. The highest BCUT2D eigenvalue weighted by Gasteiger charge is 2.28. The Labute approximate surface area is 318 Å². The van der Waals surface area contributed by atoms with E-state index in [0.717, 1.165) is 43.4 Å². The first kappa shape index (κ1) is 38.0. The maximum Gasteiger partial charge on any atom is 0.276 e. The number of nitrogens with one attached hydrogen (secondary N) is 1. The van der Waals surface area contributed by atoms with Crippen LogP contribution in [0.2, 0.25) is 20.4 Å². The Bertz CT molecular complexity index is 2470. The molecule has 5 aromatic rings. The van der Waals surface area contributed by atoms with E-state index in [1.165, 1.54) is 16.8 Å². The molecule has 4 heterocycles. The molecule has 0 saturated heterocycles. The van der Waals surface area contributed by atoms with Crippen LogP contribution in [0.15, 0.2) is 50.9 Å². The summed E-state index contributed by atoms with van der Waals surface area (Å²) in [6, 6.07) is 8.21. The number of anilines is 2. The second-order valence-corrected chi connectivity index (χ2v) is 16.0. The van der Waals surface area contributed by atoms with E-state index in [0.29, 0.717) is 37.3 Å². The van der Waals surface area contributed by atoms with Gasteiger partial charge in [0, 0.05) is 37.3 Å². The second kappa shape index (κ2) is 14.6. The smallest absolute Gasteiger partial charge is 0.276 e. The Balaban J connectivity index is 0.000000198. The summed E-state index contributed by atoms with van der Waals surface area (Å²) in [5.41, 5.74) is 7.38. The summed E-state index contributed by atoms with van der Waals surface area (Å²) in [6.45, 7) is 7.57. The quantitative estimate of drug-likeness (QED) is 0.173. The minimum Gasteiger partial charge on any atom is -0.398 e. The standard InChI is InChI=1S/C22H22Cl2FN3O3S.C13H12Cl2FN3O/c1-12-8-13(2)20(14(3)9-12)32(30,31)26-18-10-15(17(25)11-16(18)23)19-21(24)27-6-4-5-7-28(27)22(19)29;14-8-6-9(16)7(5-10(8)17)11-12(15)18-3-1-2-4-19(18)13(11)20/h8-11,26H,4-7H2,1-3H3;5-6H,1-4,17H2.